The minimum atomic E-state index is -3.93. The molecule has 0 unspecified atom stereocenters. The van der Waals surface area contributed by atoms with Crippen molar-refractivity contribution < 1.29 is 22.7 Å². The third-order valence-electron chi connectivity index (χ3n) is 2.68. The van der Waals surface area contributed by atoms with E-state index in [0.29, 0.717) is 5.02 Å². The molecule has 0 saturated heterocycles. The van der Waals surface area contributed by atoms with Crippen LogP contribution in [0.25, 0.3) is 0 Å². The lowest BCUT2D eigenvalue weighted by Gasteiger charge is -2.20. The van der Waals surface area contributed by atoms with Crippen molar-refractivity contribution in [3.05, 3.63) is 29.3 Å². The van der Waals surface area contributed by atoms with Gasteiger partial charge in [0.15, 0.2) is 6.61 Å². The number of esters is 1. The molecule has 0 saturated carbocycles. The summed E-state index contributed by atoms with van der Waals surface area (Å²) < 4.78 is 31.4. The molecule has 3 N–H and O–H groups in total. The van der Waals surface area contributed by atoms with Gasteiger partial charge in [0.25, 0.3) is 5.91 Å². The lowest BCUT2D eigenvalue weighted by molar-refractivity contribution is -0.150. The topological polar surface area (TPSA) is 116 Å². The minimum Gasteiger partial charge on any atom is -0.454 e. The molecule has 0 aliphatic carbocycles. The molecule has 9 heteroatoms. The fourth-order valence-electron chi connectivity index (χ4n) is 1.54. The zero-order valence-corrected chi connectivity index (χ0v) is 13.6. The number of hydrogen-bond donors (Lipinski definition) is 2. The average Bonchev–Trinajstić information content (AvgIpc) is 2.42. The van der Waals surface area contributed by atoms with Gasteiger partial charge in [0.1, 0.15) is 6.04 Å². The number of carbonyl (C=O) groups excluding carboxylic acids is 2. The summed E-state index contributed by atoms with van der Waals surface area (Å²) in [7, 11) is -3.93. The maximum atomic E-state index is 12.2. The van der Waals surface area contributed by atoms with Crippen molar-refractivity contribution in [3.8, 4) is 0 Å². The van der Waals surface area contributed by atoms with Gasteiger partial charge in [-0.3, -0.25) is 9.59 Å². The highest BCUT2D eigenvalue weighted by Crippen LogP contribution is 2.16. The van der Waals surface area contributed by atoms with Gasteiger partial charge in [0.2, 0.25) is 10.0 Å². The Bertz CT molecular complexity index is 643. The van der Waals surface area contributed by atoms with Gasteiger partial charge >= 0.3 is 5.97 Å². The second-order valence-electron chi connectivity index (χ2n) is 4.87. The zero-order chi connectivity index (χ0) is 16.9. The SMILES string of the molecule is CC(C)[C@H](NS(=O)(=O)c1ccc(Cl)cc1)C(=O)OCC(N)=O. The molecule has 7 nitrogen and oxygen atoms in total. The first-order chi connectivity index (χ1) is 10.1. The quantitative estimate of drug-likeness (QED) is 0.703. The normalized spacial score (nSPS) is 12.9. The third-order valence-corrected chi connectivity index (χ3v) is 4.39. The van der Waals surface area contributed by atoms with Gasteiger partial charge in [0.05, 0.1) is 4.90 Å². The molecule has 0 spiro atoms. The van der Waals surface area contributed by atoms with Gasteiger partial charge < -0.3 is 10.5 Å². The molecule has 0 aliphatic rings. The maximum Gasteiger partial charge on any atom is 0.324 e. The monoisotopic (exact) mass is 348 g/mol. The van der Waals surface area contributed by atoms with E-state index in [4.69, 9.17) is 17.3 Å². The van der Waals surface area contributed by atoms with Crippen LogP contribution in [0.3, 0.4) is 0 Å². The zero-order valence-electron chi connectivity index (χ0n) is 12.1. The number of nitrogens with two attached hydrogens (primary N) is 1. The average molecular weight is 349 g/mol. The summed E-state index contributed by atoms with van der Waals surface area (Å²) in [6.45, 7) is 2.67. The summed E-state index contributed by atoms with van der Waals surface area (Å²) in [6.07, 6.45) is 0. The first kappa shape index (κ1) is 18.4. The Morgan fingerprint density at radius 2 is 1.82 bits per heavy atom. The van der Waals surface area contributed by atoms with Crippen LogP contribution in [0, 0.1) is 5.92 Å². The summed E-state index contributed by atoms with van der Waals surface area (Å²) in [4.78, 5) is 22.5. The van der Waals surface area contributed by atoms with Gasteiger partial charge in [-0.1, -0.05) is 25.4 Å². The Hall–Kier alpha value is -1.64. The number of nitrogens with one attached hydrogen (secondary N) is 1. The number of sulfonamides is 1. The molecule has 22 heavy (non-hydrogen) atoms. The standard InChI is InChI=1S/C13H17ClN2O5S/c1-8(2)12(13(18)21-7-11(15)17)16-22(19,20)10-5-3-9(14)4-6-10/h3-6,8,12,16H,7H2,1-2H3,(H2,15,17)/t12-/m0/s1. The van der Waals surface area contributed by atoms with Crippen molar-refractivity contribution in [2.75, 3.05) is 6.61 Å². The molecule has 0 bridgehead atoms. The second-order valence-corrected chi connectivity index (χ2v) is 7.02. The Morgan fingerprint density at radius 1 is 1.27 bits per heavy atom. The lowest BCUT2D eigenvalue weighted by atomic mass is 10.1. The number of amides is 1. The molecule has 0 fully saturated rings. The summed E-state index contributed by atoms with van der Waals surface area (Å²) in [6, 6.07) is 4.34. The predicted octanol–water partition coefficient (Wildman–Crippen LogP) is 0.671. The molecule has 0 heterocycles. The number of ether oxygens (including phenoxy) is 1. The molecule has 1 aromatic carbocycles. The van der Waals surface area contributed by atoms with Crippen LogP contribution < -0.4 is 10.5 Å². The van der Waals surface area contributed by atoms with Gasteiger partial charge in [-0.15, -0.1) is 0 Å². The van der Waals surface area contributed by atoms with Gasteiger partial charge in [-0.2, -0.15) is 4.72 Å². The van der Waals surface area contributed by atoms with Crippen molar-refractivity contribution >= 4 is 33.5 Å². The smallest absolute Gasteiger partial charge is 0.324 e. The van der Waals surface area contributed by atoms with E-state index in [-0.39, 0.29) is 10.8 Å². The van der Waals surface area contributed by atoms with E-state index in [1.165, 1.54) is 24.3 Å². The summed E-state index contributed by atoms with van der Waals surface area (Å²) in [5.41, 5.74) is 4.88. The summed E-state index contributed by atoms with van der Waals surface area (Å²) in [5.74, 6) is -2.08. The van der Waals surface area contributed by atoms with E-state index in [2.05, 4.69) is 9.46 Å². The summed E-state index contributed by atoms with van der Waals surface area (Å²) in [5, 5.41) is 0.389. The van der Waals surface area contributed by atoms with E-state index in [1.54, 1.807) is 13.8 Å². The van der Waals surface area contributed by atoms with Crippen LogP contribution in [-0.4, -0.2) is 32.9 Å². The number of halogens is 1. The van der Waals surface area contributed by atoms with Crippen LogP contribution in [0.1, 0.15) is 13.8 Å². The first-order valence-corrected chi connectivity index (χ1v) is 8.22. The van der Waals surface area contributed by atoms with Crippen LogP contribution in [0.5, 0.6) is 0 Å². The van der Waals surface area contributed by atoms with E-state index >= 15 is 0 Å². The molecule has 1 atom stereocenters. The number of carbonyl (C=O) groups is 2. The molecule has 1 rings (SSSR count). The highest BCUT2D eigenvalue weighted by molar-refractivity contribution is 7.89. The van der Waals surface area contributed by atoms with E-state index in [0.717, 1.165) is 0 Å². The van der Waals surface area contributed by atoms with Crippen molar-refractivity contribution in [1.29, 1.82) is 0 Å². The van der Waals surface area contributed by atoms with E-state index < -0.39 is 34.5 Å². The van der Waals surface area contributed by atoms with E-state index in [1.807, 2.05) is 0 Å². The number of primary amides is 1. The lowest BCUT2D eigenvalue weighted by Crippen LogP contribution is -2.45. The van der Waals surface area contributed by atoms with Crippen LogP contribution >= 0.6 is 11.6 Å². The molecular formula is C13H17ClN2O5S. The van der Waals surface area contributed by atoms with Crippen molar-refractivity contribution in [2.24, 2.45) is 11.7 Å². The van der Waals surface area contributed by atoms with Crippen LogP contribution in [-0.2, 0) is 24.3 Å². The van der Waals surface area contributed by atoms with Crippen molar-refractivity contribution in [1.82, 2.24) is 4.72 Å². The third kappa shape index (κ3) is 5.28. The van der Waals surface area contributed by atoms with Crippen LogP contribution in [0.4, 0.5) is 0 Å². The Morgan fingerprint density at radius 3 is 2.27 bits per heavy atom. The maximum absolute atomic E-state index is 12.2. The van der Waals surface area contributed by atoms with Crippen molar-refractivity contribution in [2.45, 2.75) is 24.8 Å². The number of rotatable bonds is 7. The first-order valence-electron chi connectivity index (χ1n) is 6.36. The Balaban J connectivity index is 2.92. The number of benzene rings is 1. The molecule has 0 aromatic heterocycles. The molecular weight excluding hydrogens is 332 g/mol. The van der Waals surface area contributed by atoms with Gasteiger partial charge in [0, 0.05) is 5.02 Å². The number of hydrogen-bond acceptors (Lipinski definition) is 5. The molecule has 122 valence electrons. The van der Waals surface area contributed by atoms with Crippen molar-refractivity contribution in [3.63, 3.8) is 0 Å². The van der Waals surface area contributed by atoms with Gasteiger partial charge in [-0.25, -0.2) is 8.42 Å². The van der Waals surface area contributed by atoms with Crippen LogP contribution in [0.2, 0.25) is 5.02 Å². The Kier molecular flexibility index (Phi) is 6.34. The largest absolute Gasteiger partial charge is 0.454 e. The Labute approximate surface area is 133 Å². The second kappa shape index (κ2) is 7.57. The van der Waals surface area contributed by atoms with E-state index in [9.17, 15) is 18.0 Å². The fourth-order valence-corrected chi connectivity index (χ4v) is 3.00. The minimum absolute atomic E-state index is 0.0368. The molecule has 1 amide bonds. The highest BCUT2D eigenvalue weighted by Gasteiger charge is 2.29. The molecule has 1 aromatic rings. The molecule has 0 aliphatic heterocycles. The summed E-state index contributed by atoms with van der Waals surface area (Å²) >= 11 is 5.71. The highest BCUT2D eigenvalue weighted by atomic mass is 35.5. The predicted molar refractivity (Wildman–Crippen MR) is 80.6 cm³/mol. The fraction of sp³-hybridized carbons (Fsp3) is 0.385. The molecule has 0 radical (unpaired) electrons. The van der Waals surface area contributed by atoms with Crippen LogP contribution in [0.15, 0.2) is 29.2 Å². The van der Waals surface area contributed by atoms with Gasteiger partial charge in [-0.05, 0) is 30.2 Å².